The van der Waals surface area contributed by atoms with Crippen LogP contribution >= 0.6 is 0 Å². The molecule has 0 bridgehead atoms. The van der Waals surface area contributed by atoms with Gasteiger partial charge in [0.05, 0.1) is 5.69 Å². The summed E-state index contributed by atoms with van der Waals surface area (Å²) in [4.78, 5) is 4.76. The van der Waals surface area contributed by atoms with Gasteiger partial charge in [-0.1, -0.05) is 75.5 Å². The second-order valence-electron chi connectivity index (χ2n) is 8.61. The molecule has 1 heterocycles. The molecule has 148 valence electrons. The van der Waals surface area contributed by atoms with E-state index in [2.05, 4.69) is 67.5 Å². The van der Waals surface area contributed by atoms with E-state index in [1.165, 1.54) is 93.0 Å². The van der Waals surface area contributed by atoms with Gasteiger partial charge >= 0.3 is 0 Å². The van der Waals surface area contributed by atoms with Crippen molar-refractivity contribution in [2.24, 2.45) is 0 Å². The lowest BCUT2D eigenvalue weighted by atomic mass is 9.97. The van der Waals surface area contributed by atoms with E-state index in [1.54, 1.807) is 0 Å². The van der Waals surface area contributed by atoms with Gasteiger partial charge in [0.2, 0.25) is 0 Å². The summed E-state index contributed by atoms with van der Waals surface area (Å²) >= 11 is 0. The maximum Gasteiger partial charge on any atom is 0.0509 e. The maximum atomic E-state index is 2.47. The molecule has 1 saturated carbocycles. The van der Waals surface area contributed by atoms with Crippen LogP contribution in [-0.4, -0.2) is 10.9 Å². The van der Waals surface area contributed by atoms with E-state index in [0.717, 1.165) is 0 Å². The third kappa shape index (κ3) is 5.64. The highest BCUT2D eigenvalue weighted by Crippen LogP contribution is 2.29. The smallest absolute Gasteiger partial charge is 0.0509 e. The highest BCUT2D eigenvalue weighted by atomic mass is 15.2. The first-order chi connectivity index (χ1) is 13.1. The Morgan fingerprint density at radius 2 is 1.07 bits per heavy atom. The van der Waals surface area contributed by atoms with E-state index >= 15 is 0 Å². The first-order valence-corrected chi connectivity index (χ1v) is 11.2. The molecule has 0 radical (unpaired) electrons. The third-order valence-electron chi connectivity index (χ3n) is 6.19. The molecule has 0 aromatic heterocycles. The summed E-state index contributed by atoms with van der Waals surface area (Å²) in [6, 6.07) is 5.23. The molecule has 1 aromatic carbocycles. The third-order valence-corrected chi connectivity index (χ3v) is 6.19. The van der Waals surface area contributed by atoms with Gasteiger partial charge in [-0.2, -0.15) is 0 Å². The first-order valence-electron chi connectivity index (χ1n) is 11.2. The highest BCUT2D eigenvalue weighted by molar-refractivity contribution is 5.64. The zero-order valence-corrected chi connectivity index (χ0v) is 17.7. The normalized spacial score (nSPS) is 20.4. The number of hydrogen-bond donors (Lipinski definition) is 0. The molecule has 1 aliphatic carbocycles. The van der Waals surface area contributed by atoms with E-state index in [1.807, 2.05) is 0 Å². The van der Waals surface area contributed by atoms with Crippen molar-refractivity contribution in [3.63, 3.8) is 0 Å². The SMILES string of the molecule is Cc1cc(C)c(N2C=CN(C3CCCCCCCCCCC3)C=C2)c(C)c1. The van der Waals surface area contributed by atoms with Gasteiger partial charge in [-0.25, -0.2) is 0 Å². The molecule has 1 aromatic rings. The topological polar surface area (TPSA) is 6.48 Å². The van der Waals surface area contributed by atoms with Crippen LogP contribution in [0.25, 0.3) is 0 Å². The van der Waals surface area contributed by atoms with Gasteiger partial charge in [0.1, 0.15) is 0 Å². The van der Waals surface area contributed by atoms with Gasteiger partial charge < -0.3 is 9.80 Å². The van der Waals surface area contributed by atoms with E-state index in [9.17, 15) is 0 Å². The van der Waals surface area contributed by atoms with Crippen LogP contribution in [0.2, 0.25) is 0 Å². The van der Waals surface area contributed by atoms with Crippen LogP contribution in [0.3, 0.4) is 0 Å². The van der Waals surface area contributed by atoms with Crippen LogP contribution in [0.5, 0.6) is 0 Å². The van der Waals surface area contributed by atoms with Crippen molar-refractivity contribution >= 4 is 5.69 Å². The second kappa shape index (κ2) is 10.0. The predicted octanol–water partition coefficient (Wildman–Crippen LogP) is 7.35. The summed E-state index contributed by atoms with van der Waals surface area (Å²) in [6.07, 6.45) is 24.5. The Labute approximate surface area is 166 Å². The van der Waals surface area contributed by atoms with Gasteiger partial charge in [-0.15, -0.1) is 0 Å². The predicted molar refractivity (Wildman–Crippen MR) is 118 cm³/mol. The van der Waals surface area contributed by atoms with Crippen molar-refractivity contribution in [2.45, 2.75) is 97.4 Å². The summed E-state index contributed by atoms with van der Waals surface area (Å²) in [6.45, 7) is 6.61. The molecule has 0 amide bonds. The number of hydrogen-bond acceptors (Lipinski definition) is 2. The van der Waals surface area contributed by atoms with Gasteiger partial charge in [-0.05, 0) is 44.7 Å². The van der Waals surface area contributed by atoms with Crippen LogP contribution < -0.4 is 4.90 Å². The zero-order valence-electron chi connectivity index (χ0n) is 17.7. The van der Waals surface area contributed by atoms with Gasteiger partial charge in [0, 0.05) is 30.8 Å². The Kier molecular flexibility index (Phi) is 7.43. The number of rotatable bonds is 2. The van der Waals surface area contributed by atoms with Gasteiger partial charge in [-0.3, -0.25) is 0 Å². The van der Waals surface area contributed by atoms with E-state index in [0.29, 0.717) is 6.04 Å². The average Bonchev–Trinajstić information content (AvgIpc) is 2.62. The molecule has 0 saturated heterocycles. The fourth-order valence-corrected chi connectivity index (χ4v) is 4.81. The lowest BCUT2D eigenvalue weighted by Crippen LogP contribution is -2.30. The molecular weight excluding hydrogens is 328 g/mol. The van der Waals surface area contributed by atoms with E-state index in [-0.39, 0.29) is 0 Å². The molecule has 1 aliphatic heterocycles. The first kappa shape index (κ1) is 20.0. The number of aryl methyl sites for hydroxylation is 3. The van der Waals surface area contributed by atoms with Gasteiger partial charge in [0.15, 0.2) is 0 Å². The molecule has 2 heteroatoms. The Bertz CT molecular complexity index is 609. The summed E-state index contributed by atoms with van der Waals surface area (Å²) in [5.74, 6) is 0. The van der Waals surface area contributed by atoms with Gasteiger partial charge in [0.25, 0.3) is 0 Å². The molecule has 2 nitrogen and oxygen atoms in total. The van der Waals surface area contributed by atoms with E-state index < -0.39 is 0 Å². The Morgan fingerprint density at radius 3 is 1.56 bits per heavy atom. The molecule has 2 aliphatic rings. The van der Waals surface area contributed by atoms with Crippen molar-refractivity contribution in [3.8, 4) is 0 Å². The molecule has 0 unspecified atom stereocenters. The fraction of sp³-hybridized carbons (Fsp3) is 0.600. The minimum atomic E-state index is 0.666. The van der Waals surface area contributed by atoms with E-state index in [4.69, 9.17) is 0 Å². The second-order valence-corrected chi connectivity index (χ2v) is 8.61. The lowest BCUT2D eigenvalue weighted by Gasteiger charge is -2.33. The number of anilines is 1. The fourth-order valence-electron chi connectivity index (χ4n) is 4.81. The summed E-state index contributed by atoms with van der Waals surface area (Å²) in [5.41, 5.74) is 5.36. The highest BCUT2D eigenvalue weighted by Gasteiger charge is 2.17. The lowest BCUT2D eigenvalue weighted by molar-refractivity contribution is 0.300. The summed E-state index contributed by atoms with van der Waals surface area (Å²) in [5, 5.41) is 0. The number of nitrogens with zero attached hydrogens (tertiary/aromatic N) is 2. The van der Waals surface area contributed by atoms with Crippen molar-refractivity contribution in [3.05, 3.63) is 53.6 Å². The monoisotopic (exact) mass is 366 g/mol. The molecular formula is C25H38N2. The average molecular weight is 367 g/mol. The molecule has 3 rings (SSSR count). The van der Waals surface area contributed by atoms with Crippen molar-refractivity contribution in [1.82, 2.24) is 4.90 Å². The van der Waals surface area contributed by atoms with Crippen LogP contribution in [0, 0.1) is 20.8 Å². The Morgan fingerprint density at radius 1 is 0.630 bits per heavy atom. The van der Waals surface area contributed by atoms with Crippen LogP contribution in [-0.2, 0) is 0 Å². The van der Waals surface area contributed by atoms with Crippen molar-refractivity contribution < 1.29 is 0 Å². The molecule has 27 heavy (non-hydrogen) atoms. The van der Waals surface area contributed by atoms with Crippen LogP contribution in [0.1, 0.15) is 87.3 Å². The Balaban J connectivity index is 1.65. The summed E-state index contributed by atoms with van der Waals surface area (Å²) in [7, 11) is 0. The quantitative estimate of drug-likeness (QED) is 0.540. The van der Waals surface area contributed by atoms with Crippen molar-refractivity contribution in [1.29, 1.82) is 0 Å². The Hall–Kier alpha value is -1.70. The standard InChI is InChI=1S/C25H38N2/c1-21-19-22(2)25(23(3)20-21)27-17-15-26(16-18-27)24-13-11-9-7-5-4-6-8-10-12-14-24/h15-20,24H,4-14H2,1-3H3. The molecule has 1 fully saturated rings. The largest absolute Gasteiger partial charge is 0.348 e. The molecule has 0 N–H and O–H groups in total. The van der Waals surface area contributed by atoms with Crippen LogP contribution in [0.15, 0.2) is 36.9 Å². The van der Waals surface area contributed by atoms with Crippen molar-refractivity contribution in [2.75, 3.05) is 4.90 Å². The minimum Gasteiger partial charge on any atom is -0.348 e. The molecule has 0 atom stereocenters. The minimum absolute atomic E-state index is 0.666. The zero-order chi connectivity index (χ0) is 19.1. The molecule has 0 spiro atoms. The maximum absolute atomic E-state index is 2.47. The van der Waals surface area contributed by atoms with Crippen LogP contribution in [0.4, 0.5) is 5.69 Å². The summed E-state index contributed by atoms with van der Waals surface area (Å²) < 4.78 is 0. The number of benzene rings is 1.